The number of ether oxygens (including phenoxy) is 2. The van der Waals surface area contributed by atoms with Gasteiger partial charge in [-0.05, 0) is 31.9 Å². The van der Waals surface area contributed by atoms with Gasteiger partial charge in [-0.1, -0.05) is 12.1 Å². The number of rotatable bonds is 6. The summed E-state index contributed by atoms with van der Waals surface area (Å²) in [6.07, 6.45) is 1.63. The van der Waals surface area contributed by atoms with Crippen molar-refractivity contribution in [3.8, 4) is 11.5 Å². The van der Waals surface area contributed by atoms with E-state index in [0.29, 0.717) is 13.2 Å². The second-order valence-corrected chi connectivity index (χ2v) is 4.80. The van der Waals surface area contributed by atoms with E-state index in [2.05, 4.69) is 4.90 Å². The Bertz CT molecular complexity index is 375. The summed E-state index contributed by atoms with van der Waals surface area (Å²) in [6, 6.07) is 7.76. The molecule has 1 heterocycles. The fraction of sp³-hybridized carbons (Fsp3) is 0.600. The first kappa shape index (κ1) is 14.2. The maximum absolute atomic E-state index is 9.45. The molecule has 0 saturated carbocycles. The van der Waals surface area contributed by atoms with Crippen LogP contribution in [0, 0.1) is 0 Å². The number of benzene rings is 1. The summed E-state index contributed by atoms with van der Waals surface area (Å²) in [5.41, 5.74) is 0. The van der Waals surface area contributed by atoms with Crippen LogP contribution in [0.3, 0.4) is 0 Å². The van der Waals surface area contributed by atoms with Gasteiger partial charge in [0.1, 0.15) is 6.61 Å². The molecule has 0 radical (unpaired) electrons. The third-order valence-electron chi connectivity index (χ3n) is 3.37. The van der Waals surface area contributed by atoms with Crippen molar-refractivity contribution in [1.82, 2.24) is 4.90 Å². The van der Waals surface area contributed by atoms with Crippen molar-refractivity contribution < 1.29 is 14.6 Å². The van der Waals surface area contributed by atoms with Crippen LogP contribution in [0.25, 0.3) is 0 Å². The first-order valence-electron chi connectivity index (χ1n) is 7.04. The maximum atomic E-state index is 9.45. The Labute approximate surface area is 114 Å². The van der Waals surface area contributed by atoms with Crippen molar-refractivity contribution in [1.29, 1.82) is 0 Å². The van der Waals surface area contributed by atoms with Crippen molar-refractivity contribution in [2.24, 2.45) is 0 Å². The van der Waals surface area contributed by atoms with Crippen LogP contribution in [0.1, 0.15) is 19.8 Å². The summed E-state index contributed by atoms with van der Waals surface area (Å²) in [5.74, 6) is 1.61. The molecule has 1 N–H and O–H groups in total. The van der Waals surface area contributed by atoms with Crippen LogP contribution >= 0.6 is 0 Å². The van der Waals surface area contributed by atoms with Gasteiger partial charge in [0.25, 0.3) is 0 Å². The Hall–Kier alpha value is -1.26. The van der Waals surface area contributed by atoms with E-state index in [-0.39, 0.29) is 6.10 Å². The summed E-state index contributed by atoms with van der Waals surface area (Å²) < 4.78 is 11.3. The van der Waals surface area contributed by atoms with E-state index < -0.39 is 0 Å². The van der Waals surface area contributed by atoms with Gasteiger partial charge in [-0.15, -0.1) is 0 Å². The molecule has 4 heteroatoms. The molecule has 0 aromatic heterocycles. The summed E-state index contributed by atoms with van der Waals surface area (Å²) in [7, 11) is 0. The third kappa shape index (κ3) is 4.40. The van der Waals surface area contributed by atoms with Gasteiger partial charge in [0, 0.05) is 19.6 Å². The maximum Gasteiger partial charge on any atom is 0.161 e. The minimum atomic E-state index is -0.115. The normalized spacial score (nSPS) is 17.4. The second-order valence-electron chi connectivity index (χ2n) is 4.80. The minimum Gasteiger partial charge on any atom is -0.490 e. The molecule has 0 spiro atoms. The summed E-state index contributed by atoms with van der Waals surface area (Å²) in [5, 5.41) is 9.45. The molecule has 0 aliphatic carbocycles. The minimum absolute atomic E-state index is 0.115. The van der Waals surface area contributed by atoms with E-state index in [1.807, 2.05) is 31.2 Å². The van der Waals surface area contributed by atoms with Crippen LogP contribution in [0.4, 0.5) is 0 Å². The molecule has 1 aromatic carbocycles. The highest BCUT2D eigenvalue weighted by atomic mass is 16.5. The molecule has 2 rings (SSSR count). The largest absolute Gasteiger partial charge is 0.490 e. The molecule has 1 fully saturated rings. The summed E-state index contributed by atoms with van der Waals surface area (Å²) in [4.78, 5) is 2.33. The third-order valence-corrected chi connectivity index (χ3v) is 3.37. The van der Waals surface area contributed by atoms with E-state index >= 15 is 0 Å². The monoisotopic (exact) mass is 265 g/mol. The summed E-state index contributed by atoms with van der Waals surface area (Å²) in [6.45, 7) is 6.07. The molecule has 1 saturated heterocycles. The lowest BCUT2D eigenvalue weighted by Gasteiger charge is -2.29. The number of likely N-dealkylation sites (tertiary alicyclic amines) is 1. The lowest BCUT2D eigenvalue weighted by Crippen LogP contribution is -2.38. The number of hydrogen-bond acceptors (Lipinski definition) is 4. The topological polar surface area (TPSA) is 41.9 Å². The van der Waals surface area contributed by atoms with E-state index in [0.717, 1.165) is 44.0 Å². The first-order valence-corrected chi connectivity index (χ1v) is 7.04. The smallest absolute Gasteiger partial charge is 0.161 e. The van der Waals surface area contributed by atoms with Crippen LogP contribution in [0.5, 0.6) is 11.5 Å². The average Bonchev–Trinajstić information content (AvgIpc) is 2.43. The summed E-state index contributed by atoms with van der Waals surface area (Å²) >= 11 is 0. The first-order chi connectivity index (χ1) is 9.29. The van der Waals surface area contributed by atoms with Crippen molar-refractivity contribution in [3.05, 3.63) is 24.3 Å². The Morgan fingerprint density at radius 2 is 1.79 bits per heavy atom. The van der Waals surface area contributed by atoms with Crippen LogP contribution in [-0.4, -0.2) is 49.0 Å². The Balaban J connectivity index is 1.76. The quantitative estimate of drug-likeness (QED) is 0.853. The molecule has 0 bridgehead atoms. The van der Waals surface area contributed by atoms with Gasteiger partial charge < -0.3 is 14.6 Å². The lowest BCUT2D eigenvalue weighted by atomic mass is 10.1. The molecule has 0 unspecified atom stereocenters. The van der Waals surface area contributed by atoms with Crippen molar-refractivity contribution in [2.75, 3.05) is 32.8 Å². The van der Waals surface area contributed by atoms with Gasteiger partial charge in [0.05, 0.1) is 12.7 Å². The van der Waals surface area contributed by atoms with Crippen LogP contribution < -0.4 is 9.47 Å². The van der Waals surface area contributed by atoms with E-state index in [1.54, 1.807) is 0 Å². The van der Waals surface area contributed by atoms with Crippen molar-refractivity contribution >= 4 is 0 Å². The molecule has 1 aromatic rings. The number of piperidine rings is 1. The average molecular weight is 265 g/mol. The zero-order valence-corrected chi connectivity index (χ0v) is 11.5. The van der Waals surface area contributed by atoms with E-state index in [9.17, 15) is 5.11 Å². The zero-order valence-electron chi connectivity index (χ0n) is 11.5. The van der Waals surface area contributed by atoms with Gasteiger partial charge in [0.15, 0.2) is 11.5 Å². The molecule has 0 atom stereocenters. The number of nitrogens with zero attached hydrogens (tertiary/aromatic N) is 1. The number of aliphatic hydroxyl groups excluding tert-OH is 1. The number of hydrogen-bond donors (Lipinski definition) is 1. The second kappa shape index (κ2) is 7.36. The van der Waals surface area contributed by atoms with Gasteiger partial charge in [-0.3, -0.25) is 4.90 Å². The van der Waals surface area contributed by atoms with Crippen molar-refractivity contribution in [2.45, 2.75) is 25.9 Å². The van der Waals surface area contributed by atoms with Crippen LogP contribution in [-0.2, 0) is 0 Å². The molecular weight excluding hydrogens is 242 g/mol. The highest BCUT2D eigenvalue weighted by Crippen LogP contribution is 2.26. The predicted octanol–water partition coefficient (Wildman–Crippen LogP) is 1.92. The van der Waals surface area contributed by atoms with Gasteiger partial charge in [-0.2, -0.15) is 0 Å². The van der Waals surface area contributed by atoms with E-state index in [1.165, 1.54) is 0 Å². The molecule has 1 aliphatic rings. The molecular formula is C15H23NO3. The highest BCUT2D eigenvalue weighted by molar-refractivity contribution is 5.39. The molecule has 1 aliphatic heterocycles. The Morgan fingerprint density at radius 1 is 1.16 bits per heavy atom. The van der Waals surface area contributed by atoms with Crippen LogP contribution in [0.15, 0.2) is 24.3 Å². The predicted molar refractivity (Wildman–Crippen MR) is 74.8 cm³/mol. The SMILES string of the molecule is CCOc1ccccc1OCCN1CCC(O)CC1. The van der Waals surface area contributed by atoms with Gasteiger partial charge in [0.2, 0.25) is 0 Å². The lowest BCUT2D eigenvalue weighted by molar-refractivity contribution is 0.0752. The molecule has 0 amide bonds. The van der Waals surface area contributed by atoms with Crippen molar-refractivity contribution in [3.63, 3.8) is 0 Å². The van der Waals surface area contributed by atoms with Crippen LogP contribution in [0.2, 0.25) is 0 Å². The number of aliphatic hydroxyl groups is 1. The Morgan fingerprint density at radius 3 is 2.42 bits per heavy atom. The number of para-hydroxylation sites is 2. The van der Waals surface area contributed by atoms with Gasteiger partial charge >= 0.3 is 0 Å². The van der Waals surface area contributed by atoms with Gasteiger partial charge in [-0.25, -0.2) is 0 Å². The molecule has 19 heavy (non-hydrogen) atoms. The Kier molecular flexibility index (Phi) is 5.48. The van der Waals surface area contributed by atoms with E-state index in [4.69, 9.17) is 9.47 Å². The molecule has 106 valence electrons. The molecule has 4 nitrogen and oxygen atoms in total. The fourth-order valence-corrected chi connectivity index (χ4v) is 2.27. The fourth-order valence-electron chi connectivity index (χ4n) is 2.27. The zero-order chi connectivity index (χ0) is 13.5. The standard InChI is InChI=1S/C15H23NO3/c1-2-18-14-5-3-4-6-15(14)19-12-11-16-9-7-13(17)8-10-16/h3-6,13,17H,2,7-12H2,1H3. The highest BCUT2D eigenvalue weighted by Gasteiger charge is 2.16.